The monoisotopic (exact) mass is 299 g/mol. The molecule has 2 aromatic heterocycles. The van der Waals surface area contributed by atoms with E-state index in [-0.39, 0.29) is 12.0 Å². The number of hydrogen-bond donors (Lipinski definition) is 1. The SMILES string of the molecule is Cc1cc(NC[C@@H]2CCO[C@@H]2c2nc(C)no2)c(C#N)cn1. The molecular formula is C15H17N5O2. The predicted molar refractivity (Wildman–Crippen MR) is 78.0 cm³/mol. The Morgan fingerprint density at radius 2 is 2.32 bits per heavy atom. The number of nitrogens with one attached hydrogen (secondary N) is 1. The maximum absolute atomic E-state index is 9.15. The fraction of sp³-hybridized carbons (Fsp3) is 0.467. The maximum Gasteiger partial charge on any atom is 0.256 e. The van der Waals surface area contributed by atoms with E-state index in [1.54, 1.807) is 13.1 Å². The van der Waals surface area contributed by atoms with Crippen LogP contribution in [0.2, 0.25) is 0 Å². The molecule has 2 atom stereocenters. The molecule has 0 saturated carbocycles. The minimum atomic E-state index is -0.192. The van der Waals surface area contributed by atoms with Crippen LogP contribution in [0.25, 0.3) is 0 Å². The topological polar surface area (TPSA) is 96.9 Å². The lowest BCUT2D eigenvalue weighted by Gasteiger charge is -2.17. The molecule has 114 valence electrons. The van der Waals surface area contributed by atoms with Crippen molar-refractivity contribution in [2.24, 2.45) is 5.92 Å². The maximum atomic E-state index is 9.15. The van der Waals surface area contributed by atoms with Crippen molar-refractivity contribution in [3.05, 3.63) is 35.2 Å². The van der Waals surface area contributed by atoms with Crippen LogP contribution < -0.4 is 5.32 Å². The zero-order chi connectivity index (χ0) is 15.5. The van der Waals surface area contributed by atoms with Crippen LogP contribution in [0.4, 0.5) is 5.69 Å². The fourth-order valence-electron chi connectivity index (χ4n) is 2.58. The molecule has 3 heterocycles. The Morgan fingerprint density at radius 3 is 3.05 bits per heavy atom. The van der Waals surface area contributed by atoms with E-state index in [0.29, 0.717) is 30.4 Å². The summed E-state index contributed by atoms with van der Waals surface area (Å²) in [5, 5.41) is 16.3. The molecule has 0 radical (unpaired) electrons. The number of rotatable bonds is 4. The summed E-state index contributed by atoms with van der Waals surface area (Å²) in [6.45, 7) is 5.02. The van der Waals surface area contributed by atoms with Gasteiger partial charge in [-0.1, -0.05) is 5.16 Å². The van der Waals surface area contributed by atoms with Crippen molar-refractivity contribution < 1.29 is 9.26 Å². The van der Waals surface area contributed by atoms with Crippen LogP contribution in [-0.2, 0) is 4.74 Å². The van der Waals surface area contributed by atoms with Crippen LogP contribution in [0.3, 0.4) is 0 Å². The summed E-state index contributed by atoms with van der Waals surface area (Å²) in [4.78, 5) is 8.39. The van der Waals surface area contributed by atoms with Crippen molar-refractivity contribution in [1.82, 2.24) is 15.1 Å². The fourth-order valence-corrected chi connectivity index (χ4v) is 2.58. The average Bonchev–Trinajstić information content (AvgIpc) is 3.13. The standard InChI is InChI=1S/C15H17N5O2/c1-9-5-13(12(6-16)8-17-9)18-7-11-3-4-21-14(11)15-19-10(2)20-22-15/h5,8,11,14H,3-4,7H2,1-2H3,(H,17,18)/t11-,14-/m0/s1. The number of nitrogens with zero attached hydrogens (tertiary/aromatic N) is 4. The zero-order valence-electron chi connectivity index (χ0n) is 12.5. The Hall–Kier alpha value is -2.46. The van der Waals surface area contributed by atoms with Crippen molar-refractivity contribution in [1.29, 1.82) is 5.26 Å². The quantitative estimate of drug-likeness (QED) is 0.923. The van der Waals surface area contributed by atoms with Gasteiger partial charge in [-0.05, 0) is 26.3 Å². The van der Waals surface area contributed by atoms with E-state index in [1.807, 2.05) is 13.0 Å². The van der Waals surface area contributed by atoms with Gasteiger partial charge in [0.25, 0.3) is 5.89 Å². The van der Waals surface area contributed by atoms with Crippen molar-refractivity contribution in [3.63, 3.8) is 0 Å². The van der Waals surface area contributed by atoms with Gasteiger partial charge in [-0.2, -0.15) is 10.2 Å². The van der Waals surface area contributed by atoms with E-state index in [1.165, 1.54) is 0 Å². The Morgan fingerprint density at radius 1 is 1.45 bits per heavy atom. The Labute approximate surface area is 128 Å². The molecule has 0 spiro atoms. The molecule has 7 heteroatoms. The molecule has 1 saturated heterocycles. The van der Waals surface area contributed by atoms with Crippen molar-refractivity contribution in [2.75, 3.05) is 18.5 Å². The van der Waals surface area contributed by atoms with E-state index >= 15 is 0 Å². The van der Waals surface area contributed by atoms with Crippen LogP contribution in [0.5, 0.6) is 0 Å². The van der Waals surface area contributed by atoms with Gasteiger partial charge in [0, 0.05) is 31.0 Å². The van der Waals surface area contributed by atoms with Crippen molar-refractivity contribution in [2.45, 2.75) is 26.4 Å². The van der Waals surface area contributed by atoms with Gasteiger partial charge >= 0.3 is 0 Å². The first kappa shape index (κ1) is 14.5. The molecule has 0 amide bonds. The van der Waals surface area contributed by atoms with E-state index in [0.717, 1.165) is 17.8 Å². The third-order valence-corrected chi connectivity index (χ3v) is 3.72. The molecule has 1 N–H and O–H groups in total. The molecule has 1 aliphatic rings. The summed E-state index contributed by atoms with van der Waals surface area (Å²) in [6, 6.07) is 4.02. The van der Waals surface area contributed by atoms with Gasteiger partial charge in [-0.15, -0.1) is 0 Å². The second-order valence-electron chi connectivity index (χ2n) is 5.38. The summed E-state index contributed by atoms with van der Waals surface area (Å²) in [5.41, 5.74) is 2.20. The number of aryl methyl sites for hydroxylation is 2. The molecule has 0 bridgehead atoms. The van der Waals surface area contributed by atoms with Crippen molar-refractivity contribution >= 4 is 5.69 Å². The molecule has 3 rings (SSSR count). The second-order valence-corrected chi connectivity index (χ2v) is 5.38. The van der Waals surface area contributed by atoms with E-state index in [9.17, 15) is 0 Å². The first-order valence-electron chi connectivity index (χ1n) is 7.20. The van der Waals surface area contributed by atoms with Gasteiger partial charge in [0.15, 0.2) is 5.82 Å². The van der Waals surface area contributed by atoms with E-state index < -0.39 is 0 Å². The normalized spacial score (nSPS) is 20.8. The van der Waals surface area contributed by atoms with Crippen LogP contribution in [0, 0.1) is 31.1 Å². The van der Waals surface area contributed by atoms with Crippen LogP contribution >= 0.6 is 0 Å². The molecule has 22 heavy (non-hydrogen) atoms. The van der Waals surface area contributed by atoms with Gasteiger partial charge in [0.1, 0.15) is 12.2 Å². The van der Waals surface area contributed by atoms with Crippen LogP contribution in [0.15, 0.2) is 16.8 Å². The molecule has 2 aromatic rings. The lowest BCUT2D eigenvalue weighted by Crippen LogP contribution is -2.18. The van der Waals surface area contributed by atoms with E-state index in [2.05, 4.69) is 26.5 Å². The molecule has 0 unspecified atom stereocenters. The highest BCUT2D eigenvalue weighted by molar-refractivity contribution is 5.56. The Bertz CT molecular complexity index is 706. The highest BCUT2D eigenvalue weighted by Gasteiger charge is 2.33. The molecule has 0 aromatic carbocycles. The average molecular weight is 299 g/mol. The van der Waals surface area contributed by atoms with Crippen LogP contribution in [-0.4, -0.2) is 28.3 Å². The molecule has 7 nitrogen and oxygen atoms in total. The lowest BCUT2D eigenvalue weighted by molar-refractivity contribution is 0.0650. The summed E-state index contributed by atoms with van der Waals surface area (Å²) in [6.07, 6.45) is 2.30. The number of hydrogen-bond acceptors (Lipinski definition) is 7. The molecule has 1 fully saturated rings. The van der Waals surface area contributed by atoms with Crippen molar-refractivity contribution in [3.8, 4) is 6.07 Å². The minimum absolute atomic E-state index is 0.192. The second kappa shape index (κ2) is 6.12. The number of aromatic nitrogens is 3. The Kier molecular flexibility index (Phi) is 4.02. The minimum Gasteiger partial charge on any atom is -0.383 e. The highest BCUT2D eigenvalue weighted by atomic mass is 16.5. The van der Waals surface area contributed by atoms with Crippen LogP contribution in [0.1, 0.15) is 35.5 Å². The van der Waals surface area contributed by atoms with Gasteiger partial charge < -0.3 is 14.6 Å². The van der Waals surface area contributed by atoms with E-state index in [4.69, 9.17) is 14.5 Å². The number of nitriles is 1. The molecule has 1 aliphatic heterocycles. The molecule has 0 aliphatic carbocycles. The van der Waals surface area contributed by atoms with Gasteiger partial charge in [0.05, 0.1) is 11.3 Å². The molecular weight excluding hydrogens is 282 g/mol. The predicted octanol–water partition coefficient (Wildman–Crippen LogP) is 2.14. The first-order chi connectivity index (χ1) is 10.7. The summed E-state index contributed by atoms with van der Waals surface area (Å²) < 4.78 is 10.9. The Balaban J connectivity index is 1.71. The summed E-state index contributed by atoms with van der Waals surface area (Å²) >= 11 is 0. The first-order valence-corrected chi connectivity index (χ1v) is 7.20. The van der Waals surface area contributed by atoms with Gasteiger partial charge in [-0.3, -0.25) is 4.98 Å². The zero-order valence-corrected chi connectivity index (χ0v) is 12.5. The summed E-state index contributed by atoms with van der Waals surface area (Å²) in [5.74, 6) is 1.35. The smallest absolute Gasteiger partial charge is 0.256 e. The third kappa shape index (κ3) is 2.92. The number of anilines is 1. The van der Waals surface area contributed by atoms with Gasteiger partial charge in [0.2, 0.25) is 0 Å². The van der Waals surface area contributed by atoms with Gasteiger partial charge in [-0.25, -0.2) is 0 Å². The third-order valence-electron chi connectivity index (χ3n) is 3.72. The highest BCUT2D eigenvalue weighted by Crippen LogP contribution is 2.34. The largest absolute Gasteiger partial charge is 0.383 e. The lowest BCUT2D eigenvalue weighted by atomic mass is 10.0. The number of ether oxygens (including phenoxy) is 1. The number of pyridine rings is 1. The summed E-state index contributed by atoms with van der Waals surface area (Å²) in [7, 11) is 0.